The largest absolute Gasteiger partial charge is 0.481 e. The summed E-state index contributed by atoms with van der Waals surface area (Å²) in [5.74, 6) is -3.11. The number of aliphatic hydroxyl groups excluding tert-OH is 1. The highest BCUT2D eigenvalue weighted by molar-refractivity contribution is 5.91. The molecule has 1 aromatic heterocycles. The number of nitrogens with one attached hydrogen (secondary N) is 2. The van der Waals surface area contributed by atoms with Crippen LogP contribution in [0.2, 0.25) is 0 Å². The van der Waals surface area contributed by atoms with Crippen molar-refractivity contribution in [3.05, 3.63) is 82.4 Å². The third-order valence-electron chi connectivity index (χ3n) is 5.58. The van der Waals surface area contributed by atoms with E-state index >= 15 is 0 Å². The number of carbonyl (C=O) groups excluding carboxylic acids is 1. The summed E-state index contributed by atoms with van der Waals surface area (Å²) in [6.07, 6.45) is 1.42. The van der Waals surface area contributed by atoms with Crippen molar-refractivity contribution in [1.82, 2.24) is 10.3 Å². The second-order valence-electron chi connectivity index (χ2n) is 8.14. The first-order valence-corrected chi connectivity index (χ1v) is 10.4. The van der Waals surface area contributed by atoms with E-state index in [2.05, 4.69) is 10.3 Å². The number of aliphatic hydroxyl groups is 1. The number of oxazole rings is 1. The number of halogens is 1. The fourth-order valence-electron chi connectivity index (χ4n) is 3.71. The minimum absolute atomic E-state index is 0.000162. The number of aromatic amines is 1. The van der Waals surface area contributed by atoms with Gasteiger partial charge in [0.15, 0.2) is 0 Å². The maximum absolute atomic E-state index is 14.1. The van der Waals surface area contributed by atoms with Gasteiger partial charge in [-0.3, -0.25) is 14.6 Å². The number of carboxylic acids is 1. The SMILES string of the molecule is CC(CCO)(C[C@@H](Cc1ccc(-c2ccccc2F)cc1)NC(=O)c1c[nH]c(=O)o1)C(=O)O. The van der Waals surface area contributed by atoms with E-state index in [4.69, 9.17) is 4.42 Å². The maximum Gasteiger partial charge on any atom is 0.416 e. The van der Waals surface area contributed by atoms with Gasteiger partial charge in [-0.15, -0.1) is 0 Å². The van der Waals surface area contributed by atoms with E-state index in [1.807, 2.05) is 0 Å². The van der Waals surface area contributed by atoms with Crippen LogP contribution in [0.1, 0.15) is 35.9 Å². The minimum Gasteiger partial charge on any atom is -0.481 e. The van der Waals surface area contributed by atoms with Gasteiger partial charge in [0.05, 0.1) is 11.6 Å². The molecular formula is C24H25FN2O6. The van der Waals surface area contributed by atoms with Crippen LogP contribution in [0.3, 0.4) is 0 Å². The number of carboxylic acid groups (broad SMARTS) is 1. The molecule has 1 heterocycles. The molecule has 4 N–H and O–H groups in total. The molecule has 2 aromatic carbocycles. The topological polar surface area (TPSA) is 133 Å². The first kappa shape index (κ1) is 23.9. The zero-order chi connectivity index (χ0) is 24.0. The highest BCUT2D eigenvalue weighted by Crippen LogP contribution is 2.30. The van der Waals surface area contributed by atoms with Gasteiger partial charge in [-0.05, 0) is 43.4 Å². The normalized spacial score (nSPS) is 13.8. The summed E-state index contributed by atoms with van der Waals surface area (Å²) in [5.41, 5.74) is 0.631. The van der Waals surface area contributed by atoms with Crippen molar-refractivity contribution in [2.45, 2.75) is 32.2 Å². The van der Waals surface area contributed by atoms with Gasteiger partial charge in [-0.2, -0.15) is 0 Å². The number of hydrogen-bond donors (Lipinski definition) is 4. The monoisotopic (exact) mass is 456 g/mol. The number of H-pyrrole nitrogens is 1. The standard InChI is InChI=1S/C24H25FN2O6/c1-24(10-11-28,22(30)31)13-17(27-21(29)20-14-26-23(32)33-20)12-15-6-8-16(9-7-15)18-4-2-3-5-19(18)25/h2-9,14,17,28H,10-13H2,1H3,(H,26,32)(H,27,29)(H,30,31)/t17-,24?/m1/s1. The number of carbonyl (C=O) groups is 2. The van der Waals surface area contributed by atoms with E-state index in [1.165, 1.54) is 13.0 Å². The molecule has 9 heteroatoms. The lowest BCUT2D eigenvalue weighted by Gasteiger charge is -2.29. The number of aromatic nitrogens is 1. The van der Waals surface area contributed by atoms with E-state index in [9.17, 15) is 29.0 Å². The van der Waals surface area contributed by atoms with Gasteiger partial charge in [-0.25, -0.2) is 9.18 Å². The van der Waals surface area contributed by atoms with Gasteiger partial charge < -0.3 is 19.9 Å². The lowest BCUT2D eigenvalue weighted by Crippen LogP contribution is -2.43. The second-order valence-corrected chi connectivity index (χ2v) is 8.14. The predicted molar refractivity (Wildman–Crippen MR) is 118 cm³/mol. The second kappa shape index (κ2) is 10.3. The molecule has 0 bridgehead atoms. The van der Waals surface area contributed by atoms with Crippen molar-refractivity contribution in [3.63, 3.8) is 0 Å². The molecule has 8 nitrogen and oxygen atoms in total. The number of rotatable bonds is 10. The molecule has 0 aliphatic rings. The lowest BCUT2D eigenvalue weighted by atomic mass is 9.79. The van der Waals surface area contributed by atoms with Crippen molar-refractivity contribution in [2.24, 2.45) is 5.41 Å². The molecule has 0 saturated heterocycles. The molecular weight excluding hydrogens is 431 g/mol. The molecule has 0 fully saturated rings. The van der Waals surface area contributed by atoms with Crippen LogP contribution in [0.25, 0.3) is 11.1 Å². The van der Waals surface area contributed by atoms with Crippen molar-refractivity contribution in [3.8, 4) is 11.1 Å². The Labute approximate surface area is 189 Å². The zero-order valence-corrected chi connectivity index (χ0v) is 18.0. The minimum atomic E-state index is -1.29. The molecule has 0 spiro atoms. The highest BCUT2D eigenvalue weighted by atomic mass is 19.1. The fraction of sp³-hybridized carbons (Fsp3) is 0.292. The highest BCUT2D eigenvalue weighted by Gasteiger charge is 2.36. The van der Waals surface area contributed by atoms with Crippen molar-refractivity contribution in [2.75, 3.05) is 6.61 Å². The summed E-state index contributed by atoms with van der Waals surface area (Å²) in [7, 11) is 0. The van der Waals surface area contributed by atoms with Gasteiger partial charge in [0, 0.05) is 18.2 Å². The average Bonchev–Trinajstić information content (AvgIpc) is 3.21. The van der Waals surface area contributed by atoms with Crippen molar-refractivity contribution >= 4 is 11.9 Å². The Balaban J connectivity index is 1.83. The Morgan fingerprint density at radius 1 is 1.18 bits per heavy atom. The summed E-state index contributed by atoms with van der Waals surface area (Å²) in [6, 6.07) is 12.8. The summed E-state index contributed by atoms with van der Waals surface area (Å²) in [6.45, 7) is 1.18. The van der Waals surface area contributed by atoms with Gasteiger partial charge in [0.1, 0.15) is 5.82 Å². The van der Waals surface area contributed by atoms with Crippen molar-refractivity contribution in [1.29, 1.82) is 0 Å². The van der Waals surface area contributed by atoms with Crippen LogP contribution >= 0.6 is 0 Å². The van der Waals surface area contributed by atoms with Crippen LogP contribution in [-0.4, -0.2) is 39.7 Å². The molecule has 1 unspecified atom stereocenters. The lowest BCUT2D eigenvalue weighted by molar-refractivity contribution is -0.149. The fourth-order valence-corrected chi connectivity index (χ4v) is 3.71. The summed E-state index contributed by atoms with van der Waals surface area (Å²) < 4.78 is 18.9. The average molecular weight is 456 g/mol. The quantitative estimate of drug-likeness (QED) is 0.371. The summed E-state index contributed by atoms with van der Waals surface area (Å²) in [4.78, 5) is 37.9. The number of benzene rings is 2. The molecule has 0 aliphatic heterocycles. The van der Waals surface area contributed by atoms with Crippen LogP contribution in [0, 0.1) is 11.2 Å². The van der Waals surface area contributed by atoms with Crippen LogP contribution in [0.4, 0.5) is 4.39 Å². The third kappa shape index (κ3) is 5.95. The molecule has 1 amide bonds. The van der Waals surface area contributed by atoms with E-state index in [1.54, 1.807) is 42.5 Å². The van der Waals surface area contributed by atoms with Crippen LogP contribution in [0.15, 0.2) is 63.9 Å². The Kier molecular flexibility index (Phi) is 7.44. The van der Waals surface area contributed by atoms with Crippen LogP contribution in [0.5, 0.6) is 0 Å². The molecule has 0 radical (unpaired) electrons. The zero-order valence-electron chi connectivity index (χ0n) is 18.0. The number of aliphatic carboxylic acids is 1. The Morgan fingerprint density at radius 2 is 1.88 bits per heavy atom. The van der Waals surface area contributed by atoms with E-state index in [0.717, 1.165) is 11.8 Å². The number of amides is 1. The molecule has 174 valence electrons. The van der Waals surface area contributed by atoms with Crippen molar-refractivity contribution < 1.29 is 28.6 Å². The summed E-state index contributed by atoms with van der Waals surface area (Å²) >= 11 is 0. The first-order valence-electron chi connectivity index (χ1n) is 10.4. The van der Waals surface area contributed by atoms with E-state index in [-0.39, 0.29) is 37.4 Å². The van der Waals surface area contributed by atoms with Gasteiger partial charge in [0.25, 0.3) is 5.91 Å². The third-order valence-corrected chi connectivity index (χ3v) is 5.58. The Bertz CT molecular complexity index is 1170. The molecule has 3 rings (SSSR count). The molecule has 33 heavy (non-hydrogen) atoms. The Hall–Kier alpha value is -3.72. The van der Waals surface area contributed by atoms with E-state index in [0.29, 0.717) is 11.1 Å². The van der Waals surface area contributed by atoms with Crippen LogP contribution in [-0.2, 0) is 11.2 Å². The Morgan fingerprint density at radius 3 is 2.45 bits per heavy atom. The molecule has 2 atom stereocenters. The van der Waals surface area contributed by atoms with E-state index < -0.39 is 29.1 Å². The van der Waals surface area contributed by atoms with Crippen LogP contribution < -0.4 is 11.1 Å². The maximum atomic E-state index is 14.1. The molecule has 0 saturated carbocycles. The molecule has 0 aliphatic carbocycles. The van der Waals surface area contributed by atoms with Gasteiger partial charge in [0.2, 0.25) is 5.76 Å². The van der Waals surface area contributed by atoms with Gasteiger partial charge >= 0.3 is 11.7 Å². The number of hydrogen-bond acceptors (Lipinski definition) is 5. The predicted octanol–water partition coefficient (Wildman–Crippen LogP) is 2.98. The first-order chi connectivity index (χ1) is 15.7. The molecule has 3 aromatic rings. The van der Waals surface area contributed by atoms with Gasteiger partial charge in [-0.1, -0.05) is 42.5 Å². The summed E-state index contributed by atoms with van der Waals surface area (Å²) in [5, 5.41) is 21.8. The smallest absolute Gasteiger partial charge is 0.416 e.